The normalized spacial score (nSPS) is 17.1. The number of rotatable bonds is 6. The number of benzene rings is 1. The number of hydrogen-bond acceptors (Lipinski definition) is 4. The van der Waals surface area contributed by atoms with Crippen molar-refractivity contribution >= 4 is 28.8 Å². The average Bonchev–Trinajstić information content (AvgIpc) is 3.11. The number of likely N-dealkylation sites (tertiary alicyclic amines) is 1. The van der Waals surface area contributed by atoms with Gasteiger partial charge >= 0.3 is 0 Å². The van der Waals surface area contributed by atoms with E-state index in [1.807, 2.05) is 40.6 Å². The number of carbonyl (C=O) groups is 3. The van der Waals surface area contributed by atoms with Crippen molar-refractivity contribution in [2.24, 2.45) is 5.92 Å². The molecular weight excluding hydrogens is 346 g/mol. The summed E-state index contributed by atoms with van der Waals surface area (Å²) in [5.74, 6) is 0.194. The molecule has 0 N–H and O–H groups in total. The number of Topliss-reactive ketones (excluding diaryl/α,β-unsaturated/α-hetero) is 2. The van der Waals surface area contributed by atoms with Crippen LogP contribution >= 0.6 is 11.3 Å². The van der Waals surface area contributed by atoms with E-state index >= 15 is 0 Å². The van der Waals surface area contributed by atoms with Gasteiger partial charge in [0.2, 0.25) is 5.91 Å². The lowest BCUT2D eigenvalue weighted by Gasteiger charge is -2.32. The van der Waals surface area contributed by atoms with Crippen LogP contribution in [0.4, 0.5) is 0 Å². The summed E-state index contributed by atoms with van der Waals surface area (Å²) in [5.41, 5.74) is 1.90. The summed E-state index contributed by atoms with van der Waals surface area (Å²) in [6, 6.07) is 11.6. The van der Waals surface area contributed by atoms with Crippen molar-refractivity contribution in [2.45, 2.75) is 32.6 Å². The zero-order valence-corrected chi connectivity index (χ0v) is 15.8. The molecule has 1 atom stereocenters. The fraction of sp³-hybridized carbons (Fsp3) is 0.381. The Morgan fingerprint density at radius 2 is 1.88 bits per heavy atom. The van der Waals surface area contributed by atoms with Crippen LogP contribution in [0.2, 0.25) is 0 Å². The van der Waals surface area contributed by atoms with Gasteiger partial charge in [0.1, 0.15) is 5.78 Å². The molecule has 0 aliphatic carbocycles. The van der Waals surface area contributed by atoms with E-state index in [4.69, 9.17) is 0 Å². The Morgan fingerprint density at radius 3 is 2.58 bits per heavy atom. The second kappa shape index (κ2) is 8.41. The number of thiophene rings is 1. The van der Waals surface area contributed by atoms with Crippen molar-refractivity contribution in [3.05, 3.63) is 57.8 Å². The van der Waals surface area contributed by atoms with Gasteiger partial charge in [-0.25, -0.2) is 0 Å². The lowest BCUT2D eigenvalue weighted by Crippen LogP contribution is -2.43. The van der Waals surface area contributed by atoms with Gasteiger partial charge in [-0.05, 0) is 42.3 Å². The Bertz CT molecular complexity index is 797. The Balaban J connectivity index is 1.57. The molecule has 1 fully saturated rings. The predicted octanol–water partition coefficient (Wildman–Crippen LogP) is 3.54. The smallest absolute Gasteiger partial charge is 0.227 e. The summed E-state index contributed by atoms with van der Waals surface area (Å²) in [5, 5.41) is 1.87. The van der Waals surface area contributed by atoms with Crippen LogP contribution in [0.1, 0.15) is 40.6 Å². The molecule has 136 valence electrons. The monoisotopic (exact) mass is 369 g/mol. The summed E-state index contributed by atoms with van der Waals surface area (Å²) in [6.45, 7) is 2.75. The molecular formula is C21H23NO3S. The first-order valence-corrected chi connectivity index (χ1v) is 9.83. The molecule has 1 aromatic carbocycles. The number of nitrogens with zero attached hydrogens (tertiary/aromatic N) is 1. The highest BCUT2D eigenvalue weighted by Gasteiger charge is 2.28. The summed E-state index contributed by atoms with van der Waals surface area (Å²) in [7, 11) is 0. The first-order chi connectivity index (χ1) is 12.5. The van der Waals surface area contributed by atoms with Crippen LogP contribution in [0.25, 0.3) is 0 Å². The molecule has 2 heterocycles. The minimum Gasteiger partial charge on any atom is -0.342 e. The molecule has 5 heteroatoms. The zero-order chi connectivity index (χ0) is 18.5. The number of carbonyl (C=O) groups excluding carboxylic acids is 3. The number of hydrogen-bond donors (Lipinski definition) is 0. The molecule has 0 bridgehead atoms. The van der Waals surface area contributed by atoms with Crippen molar-refractivity contribution < 1.29 is 14.4 Å². The van der Waals surface area contributed by atoms with E-state index in [1.165, 1.54) is 18.3 Å². The van der Waals surface area contributed by atoms with Crippen molar-refractivity contribution in [2.75, 3.05) is 13.1 Å². The highest BCUT2D eigenvalue weighted by Crippen LogP contribution is 2.21. The van der Waals surface area contributed by atoms with E-state index in [0.29, 0.717) is 30.8 Å². The van der Waals surface area contributed by atoms with Gasteiger partial charge in [-0.15, -0.1) is 11.3 Å². The van der Waals surface area contributed by atoms with Gasteiger partial charge in [-0.1, -0.05) is 30.3 Å². The van der Waals surface area contributed by atoms with Gasteiger partial charge in [-0.2, -0.15) is 0 Å². The third-order valence-corrected chi connectivity index (χ3v) is 5.89. The maximum atomic E-state index is 12.6. The summed E-state index contributed by atoms with van der Waals surface area (Å²) >= 11 is 1.38. The third-order valence-electron chi connectivity index (χ3n) is 4.81. The number of amides is 1. The summed E-state index contributed by atoms with van der Waals surface area (Å²) in [4.78, 5) is 39.1. The standard InChI is InChI=1S/C21H23NO3S/c1-15(23)20-11-17(14-26-20)12-21(25)22-9-5-8-18(13-22)19(24)10-16-6-3-2-4-7-16/h2-4,6-7,11,14,18H,5,8-10,12-13H2,1H3/t18-/m1/s1. The Kier molecular flexibility index (Phi) is 5.99. The van der Waals surface area contributed by atoms with Crippen LogP contribution in [0.15, 0.2) is 41.8 Å². The van der Waals surface area contributed by atoms with E-state index in [-0.39, 0.29) is 23.4 Å². The second-order valence-corrected chi connectivity index (χ2v) is 7.77. The average molecular weight is 369 g/mol. The van der Waals surface area contributed by atoms with Gasteiger partial charge < -0.3 is 4.90 Å². The third kappa shape index (κ3) is 4.67. The van der Waals surface area contributed by atoms with Crippen LogP contribution in [-0.2, 0) is 22.4 Å². The highest BCUT2D eigenvalue weighted by atomic mass is 32.1. The number of ketones is 2. The van der Waals surface area contributed by atoms with Crippen molar-refractivity contribution in [1.82, 2.24) is 4.90 Å². The van der Waals surface area contributed by atoms with Gasteiger partial charge in [-0.3, -0.25) is 14.4 Å². The molecule has 0 saturated carbocycles. The van der Waals surface area contributed by atoms with Crippen LogP contribution in [0.3, 0.4) is 0 Å². The topological polar surface area (TPSA) is 54.5 Å². The van der Waals surface area contributed by atoms with Gasteiger partial charge in [0.25, 0.3) is 0 Å². The maximum Gasteiger partial charge on any atom is 0.227 e. The fourth-order valence-corrected chi connectivity index (χ4v) is 4.16. The molecule has 1 aliphatic rings. The first-order valence-electron chi connectivity index (χ1n) is 8.95. The van der Waals surface area contributed by atoms with E-state index in [2.05, 4.69) is 0 Å². The SMILES string of the molecule is CC(=O)c1cc(CC(=O)N2CCC[C@@H](C(=O)Cc3ccccc3)C2)cs1. The molecule has 1 amide bonds. The Hall–Kier alpha value is -2.27. The lowest BCUT2D eigenvalue weighted by atomic mass is 9.90. The molecule has 2 aromatic rings. The highest BCUT2D eigenvalue weighted by molar-refractivity contribution is 7.12. The van der Waals surface area contributed by atoms with Crippen LogP contribution < -0.4 is 0 Å². The molecule has 4 nitrogen and oxygen atoms in total. The second-order valence-electron chi connectivity index (χ2n) is 6.86. The minimum atomic E-state index is -0.0804. The first kappa shape index (κ1) is 18.5. The Morgan fingerprint density at radius 1 is 1.12 bits per heavy atom. The molecule has 1 aliphatic heterocycles. The molecule has 0 spiro atoms. The van der Waals surface area contributed by atoms with Crippen molar-refractivity contribution in [3.63, 3.8) is 0 Å². The molecule has 3 rings (SSSR count). The molecule has 1 saturated heterocycles. The maximum absolute atomic E-state index is 12.6. The van der Waals surface area contributed by atoms with E-state index < -0.39 is 0 Å². The minimum absolute atomic E-state index is 0.0262. The summed E-state index contributed by atoms with van der Waals surface area (Å²) < 4.78 is 0. The van der Waals surface area contributed by atoms with Crippen molar-refractivity contribution in [1.29, 1.82) is 0 Å². The van der Waals surface area contributed by atoms with Crippen LogP contribution in [0, 0.1) is 5.92 Å². The quantitative estimate of drug-likeness (QED) is 0.732. The molecule has 1 aromatic heterocycles. The fourth-order valence-electron chi connectivity index (χ4n) is 3.35. The lowest BCUT2D eigenvalue weighted by molar-refractivity contribution is -0.134. The van der Waals surface area contributed by atoms with Crippen molar-refractivity contribution in [3.8, 4) is 0 Å². The summed E-state index contributed by atoms with van der Waals surface area (Å²) in [6.07, 6.45) is 2.44. The molecule has 0 radical (unpaired) electrons. The van der Waals surface area contributed by atoms with Crippen LogP contribution in [0.5, 0.6) is 0 Å². The molecule has 0 unspecified atom stereocenters. The molecule has 26 heavy (non-hydrogen) atoms. The van der Waals surface area contributed by atoms with Gasteiger partial charge in [0.05, 0.1) is 11.3 Å². The Labute approximate surface area is 157 Å². The van der Waals surface area contributed by atoms with E-state index in [0.717, 1.165) is 24.0 Å². The van der Waals surface area contributed by atoms with Crippen LogP contribution in [-0.4, -0.2) is 35.5 Å². The predicted molar refractivity (Wildman–Crippen MR) is 102 cm³/mol. The number of piperidine rings is 1. The van der Waals surface area contributed by atoms with E-state index in [9.17, 15) is 14.4 Å². The zero-order valence-electron chi connectivity index (χ0n) is 14.9. The van der Waals surface area contributed by atoms with E-state index in [1.54, 1.807) is 6.07 Å². The van der Waals surface area contributed by atoms with Gasteiger partial charge in [0.15, 0.2) is 5.78 Å². The van der Waals surface area contributed by atoms with Gasteiger partial charge in [0, 0.05) is 25.4 Å². The largest absolute Gasteiger partial charge is 0.342 e.